The van der Waals surface area contributed by atoms with Crippen molar-refractivity contribution in [2.24, 2.45) is 0 Å². The number of nitrogens with zero attached hydrogens (tertiary/aromatic N) is 4. The molecule has 1 fully saturated rings. The van der Waals surface area contributed by atoms with Gasteiger partial charge >= 0.3 is 0 Å². The van der Waals surface area contributed by atoms with Gasteiger partial charge in [0, 0.05) is 55.3 Å². The Labute approximate surface area is 199 Å². The van der Waals surface area contributed by atoms with Crippen LogP contribution in [0.4, 0.5) is 0 Å². The molecule has 0 N–H and O–H groups in total. The van der Waals surface area contributed by atoms with E-state index >= 15 is 0 Å². The summed E-state index contributed by atoms with van der Waals surface area (Å²) >= 11 is 5.90. The first-order valence-corrected chi connectivity index (χ1v) is 11.3. The minimum Gasteiger partial charge on any atom is -0.383 e. The Morgan fingerprint density at radius 3 is 2.33 bits per heavy atom. The van der Waals surface area contributed by atoms with E-state index in [4.69, 9.17) is 16.3 Å². The van der Waals surface area contributed by atoms with Gasteiger partial charge in [-0.05, 0) is 62.7 Å². The van der Waals surface area contributed by atoms with Crippen molar-refractivity contribution in [3.63, 3.8) is 0 Å². The number of carbonyl (C=O) groups excluding carboxylic acids is 2. The Hall–Kier alpha value is -3.08. The molecule has 1 saturated heterocycles. The number of methoxy groups -OCH3 is 1. The van der Waals surface area contributed by atoms with Crippen molar-refractivity contribution in [2.45, 2.75) is 26.8 Å². The summed E-state index contributed by atoms with van der Waals surface area (Å²) in [5, 5.41) is 10.3. The molecule has 1 unspecified atom stereocenters. The van der Waals surface area contributed by atoms with Gasteiger partial charge < -0.3 is 19.1 Å². The minimum atomic E-state index is -0.314. The van der Waals surface area contributed by atoms with E-state index in [1.165, 1.54) is 0 Å². The standard InChI is InChI=1S/C25H29ClN4O3/c1-17-13-21(19(3)30(17)18(2)16-33-4)14-22(15-27)25(32)29-11-9-28(10-12-29)24(31)20-5-7-23(26)8-6-20/h5-8,13-14,18H,9-12,16H2,1-4H3/b22-14-. The number of hydrogen-bond donors (Lipinski definition) is 0. The first-order chi connectivity index (χ1) is 15.8. The first-order valence-electron chi connectivity index (χ1n) is 10.9. The maximum Gasteiger partial charge on any atom is 0.264 e. The molecular weight excluding hydrogens is 440 g/mol. The van der Waals surface area contributed by atoms with Crippen molar-refractivity contribution in [3.05, 3.63) is 63.4 Å². The van der Waals surface area contributed by atoms with Crippen LogP contribution in [0.5, 0.6) is 0 Å². The molecule has 7 nitrogen and oxygen atoms in total. The summed E-state index contributed by atoms with van der Waals surface area (Å²) < 4.78 is 7.42. The predicted molar refractivity (Wildman–Crippen MR) is 128 cm³/mol. The molecule has 2 aromatic rings. The van der Waals surface area contributed by atoms with Gasteiger partial charge in [-0.15, -0.1) is 0 Å². The summed E-state index contributed by atoms with van der Waals surface area (Å²) in [6.45, 7) is 8.19. The van der Waals surface area contributed by atoms with Gasteiger partial charge in [0.1, 0.15) is 11.6 Å². The molecule has 0 saturated carbocycles. The highest BCUT2D eigenvalue weighted by atomic mass is 35.5. The zero-order valence-corrected chi connectivity index (χ0v) is 20.2. The Balaban J connectivity index is 1.70. The lowest BCUT2D eigenvalue weighted by molar-refractivity contribution is -0.128. The van der Waals surface area contributed by atoms with Crippen LogP contribution < -0.4 is 0 Å². The number of carbonyl (C=O) groups is 2. The van der Waals surface area contributed by atoms with Crippen LogP contribution in [0.2, 0.25) is 5.02 Å². The fraction of sp³-hybridized carbons (Fsp3) is 0.400. The number of rotatable bonds is 6. The number of aromatic nitrogens is 1. The van der Waals surface area contributed by atoms with E-state index in [1.54, 1.807) is 47.3 Å². The predicted octanol–water partition coefficient (Wildman–Crippen LogP) is 3.86. The van der Waals surface area contributed by atoms with Crippen molar-refractivity contribution in [3.8, 4) is 6.07 Å². The van der Waals surface area contributed by atoms with Crippen LogP contribution in [0.1, 0.15) is 40.3 Å². The fourth-order valence-corrected chi connectivity index (χ4v) is 4.42. The molecule has 2 heterocycles. The molecular formula is C25H29ClN4O3. The van der Waals surface area contributed by atoms with Crippen molar-refractivity contribution in [1.82, 2.24) is 14.4 Å². The van der Waals surface area contributed by atoms with Crippen LogP contribution in [0, 0.1) is 25.2 Å². The van der Waals surface area contributed by atoms with Gasteiger partial charge in [-0.1, -0.05) is 11.6 Å². The molecule has 1 aromatic heterocycles. The van der Waals surface area contributed by atoms with Crippen LogP contribution in [-0.2, 0) is 9.53 Å². The summed E-state index contributed by atoms with van der Waals surface area (Å²) in [6.07, 6.45) is 1.66. The monoisotopic (exact) mass is 468 g/mol. The summed E-state index contributed by atoms with van der Waals surface area (Å²) in [6, 6.07) is 11.0. The van der Waals surface area contributed by atoms with Gasteiger partial charge in [0.2, 0.25) is 0 Å². The second-order valence-electron chi connectivity index (χ2n) is 8.26. The van der Waals surface area contributed by atoms with Gasteiger partial charge in [0.25, 0.3) is 11.8 Å². The van der Waals surface area contributed by atoms with Crippen molar-refractivity contribution in [1.29, 1.82) is 5.26 Å². The SMILES string of the molecule is COCC(C)n1c(C)cc(/C=C(/C#N)C(=O)N2CCN(C(=O)c3ccc(Cl)cc3)CC2)c1C. The van der Waals surface area contributed by atoms with E-state index in [9.17, 15) is 14.9 Å². The van der Waals surface area contributed by atoms with Crippen LogP contribution in [0.3, 0.4) is 0 Å². The van der Waals surface area contributed by atoms with Gasteiger partial charge in [0.15, 0.2) is 0 Å². The second-order valence-corrected chi connectivity index (χ2v) is 8.70. The number of amides is 2. The van der Waals surface area contributed by atoms with Gasteiger partial charge in [0.05, 0.1) is 12.6 Å². The van der Waals surface area contributed by atoms with E-state index in [0.717, 1.165) is 17.0 Å². The Bertz CT molecular complexity index is 1090. The Morgan fingerprint density at radius 2 is 1.76 bits per heavy atom. The second kappa shape index (κ2) is 10.7. The van der Waals surface area contributed by atoms with E-state index in [1.807, 2.05) is 19.9 Å². The third kappa shape index (κ3) is 5.47. The molecule has 0 spiro atoms. The van der Waals surface area contributed by atoms with E-state index in [-0.39, 0.29) is 23.4 Å². The van der Waals surface area contributed by atoms with Crippen molar-refractivity contribution in [2.75, 3.05) is 39.9 Å². The summed E-state index contributed by atoms with van der Waals surface area (Å²) in [4.78, 5) is 29.1. The van der Waals surface area contributed by atoms with Gasteiger partial charge in [-0.25, -0.2) is 0 Å². The zero-order valence-electron chi connectivity index (χ0n) is 19.5. The summed E-state index contributed by atoms with van der Waals surface area (Å²) in [7, 11) is 1.67. The molecule has 1 aromatic carbocycles. The lowest BCUT2D eigenvalue weighted by Gasteiger charge is -2.34. The molecule has 2 amide bonds. The normalized spacial score (nSPS) is 15.3. The van der Waals surface area contributed by atoms with Gasteiger partial charge in [-0.3, -0.25) is 9.59 Å². The smallest absolute Gasteiger partial charge is 0.264 e. The molecule has 0 aliphatic carbocycles. The van der Waals surface area contributed by atoms with E-state index < -0.39 is 0 Å². The largest absolute Gasteiger partial charge is 0.383 e. The lowest BCUT2D eigenvalue weighted by atomic mass is 10.1. The molecule has 1 aliphatic rings. The molecule has 8 heteroatoms. The maximum absolute atomic E-state index is 13.0. The van der Waals surface area contributed by atoms with Gasteiger partial charge in [-0.2, -0.15) is 5.26 Å². The highest BCUT2D eigenvalue weighted by Crippen LogP contribution is 2.23. The van der Waals surface area contributed by atoms with E-state index in [0.29, 0.717) is 43.4 Å². The average Bonchev–Trinajstić information content (AvgIpc) is 3.10. The average molecular weight is 469 g/mol. The van der Waals surface area contributed by atoms with Crippen LogP contribution in [-0.4, -0.2) is 66.1 Å². The fourth-order valence-electron chi connectivity index (χ4n) is 4.30. The number of hydrogen-bond acceptors (Lipinski definition) is 4. The number of ether oxygens (including phenoxy) is 1. The third-order valence-electron chi connectivity index (χ3n) is 5.97. The Morgan fingerprint density at radius 1 is 1.15 bits per heavy atom. The molecule has 174 valence electrons. The highest BCUT2D eigenvalue weighted by molar-refractivity contribution is 6.30. The first kappa shape index (κ1) is 24.6. The molecule has 0 radical (unpaired) electrons. The maximum atomic E-state index is 13.0. The summed E-state index contributed by atoms with van der Waals surface area (Å²) in [5.74, 6) is -0.404. The quantitative estimate of drug-likeness (QED) is 0.476. The van der Waals surface area contributed by atoms with Crippen LogP contribution in [0.15, 0.2) is 35.9 Å². The minimum absolute atomic E-state index is 0.0899. The lowest BCUT2D eigenvalue weighted by Crippen LogP contribution is -2.50. The number of piperazine rings is 1. The summed E-state index contributed by atoms with van der Waals surface area (Å²) in [5.41, 5.74) is 3.53. The molecule has 33 heavy (non-hydrogen) atoms. The number of halogens is 1. The molecule has 3 rings (SSSR count). The molecule has 1 aliphatic heterocycles. The zero-order chi connectivity index (χ0) is 24.1. The highest BCUT2D eigenvalue weighted by Gasteiger charge is 2.27. The van der Waals surface area contributed by atoms with Crippen LogP contribution >= 0.6 is 11.6 Å². The molecule has 0 bridgehead atoms. The van der Waals surface area contributed by atoms with Crippen molar-refractivity contribution < 1.29 is 14.3 Å². The number of nitriles is 1. The topological polar surface area (TPSA) is 78.6 Å². The molecule has 1 atom stereocenters. The number of benzene rings is 1. The third-order valence-corrected chi connectivity index (χ3v) is 6.22. The Kier molecular flexibility index (Phi) is 7.96. The van der Waals surface area contributed by atoms with E-state index in [2.05, 4.69) is 17.6 Å². The number of aryl methyl sites for hydroxylation is 1. The van der Waals surface area contributed by atoms with Crippen molar-refractivity contribution >= 4 is 29.5 Å². The van der Waals surface area contributed by atoms with Crippen LogP contribution in [0.25, 0.3) is 6.08 Å².